The number of nitrogens with zero attached hydrogens (tertiary/aromatic N) is 1. The molecule has 1 aliphatic carbocycles. The number of amides is 2. The second kappa shape index (κ2) is 9.80. The lowest BCUT2D eigenvalue weighted by Gasteiger charge is -2.23. The van der Waals surface area contributed by atoms with Gasteiger partial charge in [-0.15, -0.1) is 0 Å². The second-order valence-corrected chi connectivity index (χ2v) is 7.57. The van der Waals surface area contributed by atoms with Gasteiger partial charge in [0.25, 0.3) is 0 Å². The lowest BCUT2D eigenvalue weighted by Crippen LogP contribution is -2.37. The lowest BCUT2D eigenvalue weighted by atomic mass is 10.1. The second-order valence-electron chi connectivity index (χ2n) is 7.57. The molecule has 2 aliphatic rings. The van der Waals surface area contributed by atoms with Crippen molar-refractivity contribution in [2.75, 3.05) is 26.3 Å². The minimum atomic E-state index is -0.215. The van der Waals surface area contributed by atoms with Crippen molar-refractivity contribution in [2.45, 2.75) is 58.4 Å². The van der Waals surface area contributed by atoms with E-state index in [9.17, 15) is 9.59 Å². The van der Waals surface area contributed by atoms with Gasteiger partial charge < -0.3 is 19.7 Å². The van der Waals surface area contributed by atoms with Gasteiger partial charge in [-0.3, -0.25) is 9.59 Å². The summed E-state index contributed by atoms with van der Waals surface area (Å²) in [7, 11) is 0. The summed E-state index contributed by atoms with van der Waals surface area (Å²) in [6.07, 6.45) is 5.61. The van der Waals surface area contributed by atoms with E-state index in [1.54, 1.807) is 0 Å². The molecular formula is C22H32N2O4. The van der Waals surface area contributed by atoms with Gasteiger partial charge >= 0.3 is 0 Å². The monoisotopic (exact) mass is 388 g/mol. The molecule has 6 nitrogen and oxygen atoms in total. The van der Waals surface area contributed by atoms with Gasteiger partial charge in [-0.2, -0.15) is 0 Å². The number of rotatable bonds is 9. The molecule has 154 valence electrons. The lowest BCUT2D eigenvalue weighted by molar-refractivity contribution is -0.130. The van der Waals surface area contributed by atoms with Crippen LogP contribution in [0.1, 0.15) is 51.5 Å². The van der Waals surface area contributed by atoms with Crippen molar-refractivity contribution in [3.63, 3.8) is 0 Å². The molecule has 0 aromatic heterocycles. The van der Waals surface area contributed by atoms with Crippen LogP contribution in [0.4, 0.5) is 0 Å². The maximum atomic E-state index is 12.5. The van der Waals surface area contributed by atoms with Crippen LogP contribution in [0.25, 0.3) is 0 Å². The number of hydrogen-bond donors (Lipinski definition) is 1. The van der Waals surface area contributed by atoms with E-state index >= 15 is 0 Å². The Morgan fingerprint density at radius 1 is 1.14 bits per heavy atom. The molecule has 3 rings (SSSR count). The van der Waals surface area contributed by atoms with E-state index in [2.05, 4.69) is 5.32 Å². The summed E-state index contributed by atoms with van der Waals surface area (Å²) < 4.78 is 11.2. The number of hydrogen-bond acceptors (Lipinski definition) is 4. The molecule has 1 aliphatic heterocycles. The van der Waals surface area contributed by atoms with Gasteiger partial charge in [0.15, 0.2) is 11.5 Å². The molecule has 6 heteroatoms. The summed E-state index contributed by atoms with van der Waals surface area (Å²) in [5, 5.41) is 3.01. The van der Waals surface area contributed by atoms with E-state index in [-0.39, 0.29) is 17.7 Å². The Hall–Kier alpha value is -2.24. The molecule has 2 amide bonds. The van der Waals surface area contributed by atoms with Crippen LogP contribution in [0.5, 0.6) is 11.5 Å². The van der Waals surface area contributed by atoms with Gasteiger partial charge in [-0.1, -0.05) is 18.9 Å². The highest BCUT2D eigenvalue weighted by atomic mass is 16.5. The van der Waals surface area contributed by atoms with Crippen molar-refractivity contribution in [2.24, 2.45) is 5.92 Å². The van der Waals surface area contributed by atoms with E-state index in [4.69, 9.17) is 9.47 Å². The molecule has 0 bridgehead atoms. The number of benzene rings is 1. The van der Waals surface area contributed by atoms with Gasteiger partial charge in [0, 0.05) is 25.6 Å². The molecule has 1 N–H and O–H groups in total. The fourth-order valence-corrected chi connectivity index (χ4v) is 4.20. The first kappa shape index (κ1) is 20.5. The number of carbonyl (C=O) groups excluding carboxylic acids is 2. The Balaban J connectivity index is 1.48. The van der Waals surface area contributed by atoms with E-state index in [0.717, 1.165) is 29.9 Å². The summed E-state index contributed by atoms with van der Waals surface area (Å²) in [5.41, 5.74) is 1.09. The molecule has 0 unspecified atom stereocenters. The number of ether oxygens (including phenoxy) is 2. The van der Waals surface area contributed by atoms with Crippen molar-refractivity contribution in [3.05, 3.63) is 23.8 Å². The highest BCUT2D eigenvalue weighted by molar-refractivity contribution is 5.89. The first-order valence-electron chi connectivity index (χ1n) is 10.6. The molecule has 1 heterocycles. The number of nitrogens with one attached hydrogen (secondary N) is 1. The van der Waals surface area contributed by atoms with Crippen LogP contribution in [0.15, 0.2) is 18.2 Å². The average molecular weight is 389 g/mol. The van der Waals surface area contributed by atoms with Crippen LogP contribution in [0, 0.1) is 5.92 Å². The zero-order chi connectivity index (χ0) is 19.9. The third kappa shape index (κ3) is 4.97. The average Bonchev–Trinajstić information content (AvgIpc) is 3.33. The summed E-state index contributed by atoms with van der Waals surface area (Å²) in [5.74, 6) is 1.40. The largest absolute Gasteiger partial charge is 0.490 e. The third-order valence-corrected chi connectivity index (χ3v) is 5.62. The normalized spacial score (nSPS) is 19.9. The van der Waals surface area contributed by atoms with Crippen LogP contribution in [-0.2, 0) is 16.0 Å². The smallest absolute Gasteiger partial charge is 0.225 e. The van der Waals surface area contributed by atoms with Crippen molar-refractivity contribution in [1.82, 2.24) is 10.2 Å². The van der Waals surface area contributed by atoms with Gasteiger partial charge in [0.05, 0.1) is 19.1 Å². The fraction of sp³-hybridized carbons (Fsp3) is 0.636. The molecule has 1 saturated heterocycles. The highest BCUT2D eigenvalue weighted by Gasteiger charge is 2.38. The van der Waals surface area contributed by atoms with Gasteiger partial charge in [0.1, 0.15) is 0 Å². The Bertz CT molecular complexity index is 685. The quantitative estimate of drug-likeness (QED) is 0.706. The van der Waals surface area contributed by atoms with Crippen molar-refractivity contribution >= 4 is 11.8 Å². The van der Waals surface area contributed by atoms with Gasteiger partial charge in [0.2, 0.25) is 11.8 Å². The van der Waals surface area contributed by atoms with Crippen LogP contribution in [0.3, 0.4) is 0 Å². The molecule has 1 aromatic carbocycles. The summed E-state index contributed by atoms with van der Waals surface area (Å²) in [6.45, 7) is 6.18. The maximum absolute atomic E-state index is 12.5. The Morgan fingerprint density at radius 3 is 2.57 bits per heavy atom. The van der Waals surface area contributed by atoms with Crippen molar-refractivity contribution in [1.29, 1.82) is 0 Å². The minimum absolute atomic E-state index is 0.00943. The zero-order valence-corrected chi connectivity index (χ0v) is 17.0. The molecule has 28 heavy (non-hydrogen) atoms. The molecule has 1 saturated carbocycles. The van der Waals surface area contributed by atoms with Crippen LogP contribution < -0.4 is 14.8 Å². The van der Waals surface area contributed by atoms with E-state index < -0.39 is 0 Å². The third-order valence-electron chi connectivity index (χ3n) is 5.62. The SMILES string of the molecule is CCOc1ccc(CCNC(=O)[C@H]2CC(=O)N(C3CCCC3)C2)cc1OCC. The van der Waals surface area contributed by atoms with Crippen LogP contribution in [0.2, 0.25) is 0 Å². The molecular weight excluding hydrogens is 356 g/mol. The highest BCUT2D eigenvalue weighted by Crippen LogP contribution is 2.30. The molecule has 0 radical (unpaired) electrons. The molecule has 2 fully saturated rings. The first-order chi connectivity index (χ1) is 13.6. The topological polar surface area (TPSA) is 67.9 Å². The minimum Gasteiger partial charge on any atom is -0.490 e. The molecule has 1 aromatic rings. The first-order valence-corrected chi connectivity index (χ1v) is 10.6. The van der Waals surface area contributed by atoms with E-state index in [0.29, 0.717) is 45.2 Å². The number of carbonyl (C=O) groups is 2. The van der Waals surface area contributed by atoms with Crippen molar-refractivity contribution in [3.8, 4) is 11.5 Å². The van der Waals surface area contributed by atoms with Crippen LogP contribution >= 0.6 is 0 Å². The van der Waals surface area contributed by atoms with Crippen molar-refractivity contribution < 1.29 is 19.1 Å². The summed E-state index contributed by atoms with van der Waals surface area (Å²) in [4.78, 5) is 26.7. The summed E-state index contributed by atoms with van der Waals surface area (Å²) >= 11 is 0. The van der Waals surface area contributed by atoms with Gasteiger partial charge in [-0.05, 0) is 50.8 Å². The molecule has 0 spiro atoms. The standard InChI is InChI=1S/C22H32N2O4/c1-3-27-19-10-9-16(13-20(19)28-4-2)11-12-23-22(26)17-14-21(25)24(15-17)18-7-5-6-8-18/h9-10,13,17-18H,3-8,11-12,14-15H2,1-2H3,(H,23,26)/t17-/m0/s1. The van der Waals surface area contributed by atoms with E-state index in [1.807, 2.05) is 36.9 Å². The predicted octanol–water partition coefficient (Wildman–Crippen LogP) is 2.93. The maximum Gasteiger partial charge on any atom is 0.225 e. The van der Waals surface area contributed by atoms with Crippen LogP contribution in [-0.4, -0.2) is 49.1 Å². The predicted molar refractivity (Wildman–Crippen MR) is 108 cm³/mol. The fourth-order valence-electron chi connectivity index (χ4n) is 4.20. The Morgan fingerprint density at radius 2 is 1.86 bits per heavy atom. The Labute approximate surface area is 167 Å². The zero-order valence-electron chi connectivity index (χ0n) is 17.0. The van der Waals surface area contributed by atoms with E-state index in [1.165, 1.54) is 12.8 Å². The number of likely N-dealkylation sites (tertiary alicyclic amines) is 1. The van der Waals surface area contributed by atoms with Gasteiger partial charge in [-0.25, -0.2) is 0 Å². The Kier molecular flexibility index (Phi) is 7.18. The summed E-state index contributed by atoms with van der Waals surface area (Å²) in [6, 6.07) is 6.24. The molecule has 1 atom stereocenters.